The zero-order valence-corrected chi connectivity index (χ0v) is 10.3. The Kier molecular flexibility index (Phi) is 3.33. The van der Waals surface area contributed by atoms with Gasteiger partial charge in [0.1, 0.15) is 0 Å². The fourth-order valence-corrected chi connectivity index (χ4v) is 3.17. The Morgan fingerprint density at radius 2 is 1.73 bits per heavy atom. The fraction of sp³-hybridized carbons (Fsp3) is 1.00. The number of piperidine rings is 1. The lowest BCUT2D eigenvalue weighted by molar-refractivity contribution is -0.00110. The van der Waals surface area contributed by atoms with Gasteiger partial charge in [-0.1, -0.05) is 13.8 Å². The molecule has 2 bridgehead atoms. The average Bonchev–Trinajstić information content (AvgIpc) is 2.08. The Morgan fingerprint density at radius 1 is 1.20 bits per heavy atom. The minimum Gasteiger partial charge on any atom is -0.328 e. The Labute approximate surface area is 93.6 Å². The van der Waals surface area contributed by atoms with Crippen LogP contribution >= 0.6 is 0 Å². The zero-order valence-electron chi connectivity index (χ0n) is 10.3. The van der Waals surface area contributed by atoms with Crippen molar-refractivity contribution < 1.29 is 0 Å². The summed E-state index contributed by atoms with van der Waals surface area (Å²) in [6.45, 7) is 8.30. The van der Waals surface area contributed by atoms with Gasteiger partial charge in [0.2, 0.25) is 0 Å². The number of rotatable bonds is 2. The molecule has 2 N–H and O–H groups in total. The molecular weight excluding hydrogens is 186 g/mol. The van der Waals surface area contributed by atoms with Crippen LogP contribution in [-0.4, -0.2) is 54.6 Å². The van der Waals surface area contributed by atoms with Gasteiger partial charge in [-0.3, -0.25) is 9.80 Å². The smallest absolute Gasteiger partial charge is 0.0238 e. The van der Waals surface area contributed by atoms with E-state index in [9.17, 15) is 0 Å². The lowest BCUT2D eigenvalue weighted by Crippen LogP contribution is -2.63. The van der Waals surface area contributed by atoms with Gasteiger partial charge in [0.15, 0.2) is 0 Å². The Morgan fingerprint density at radius 3 is 2.20 bits per heavy atom. The highest BCUT2D eigenvalue weighted by Crippen LogP contribution is 2.26. The van der Waals surface area contributed by atoms with Crippen LogP contribution in [0.4, 0.5) is 0 Å². The second kappa shape index (κ2) is 4.40. The molecule has 0 aliphatic carbocycles. The summed E-state index contributed by atoms with van der Waals surface area (Å²) < 4.78 is 0. The maximum Gasteiger partial charge on any atom is 0.0238 e. The van der Waals surface area contributed by atoms with Crippen LogP contribution in [0, 0.1) is 5.92 Å². The summed E-state index contributed by atoms with van der Waals surface area (Å²) in [5.74, 6) is 0.780. The molecule has 88 valence electrons. The van der Waals surface area contributed by atoms with Gasteiger partial charge >= 0.3 is 0 Å². The first-order valence-electron chi connectivity index (χ1n) is 6.26. The lowest BCUT2D eigenvalue weighted by atomic mass is 9.88. The Bertz CT molecular complexity index is 201. The summed E-state index contributed by atoms with van der Waals surface area (Å²) in [6.07, 6.45) is 2.36. The number of nitrogens with two attached hydrogens (primary N) is 1. The lowest BCUT2D eigenvalue weighted by Gasteiger charge is -2.50. The predicted molar refractivity (Wildman–Crippen MR) is 63.8 cm³/mol. The van der Waals surface area contributed by atoms with Crippen LogP contribution in [0.5, 0.6) is 0 Å². The van der Waals surface area contributed by atoms with Gasteiger partial charge in [-0.2, -0.15) is 0 Å². The molecule has 1 unspecified atom stereocenters. The maximum atomic E-state index is 6.09. The van der Waals surface area contributed by atoms with Crippen molar-refractivity contribution in [3.8, 4) is 0 Å². The molecule has 0 aromatic carbocycles. The molecule has 3 nitrogen and oxygen atoms in total. The summed E-state index contributed by atoms with van der Waals surface area (Å²) >= 11 is 0. The van der Waals surface area contributed by atoms with E-state index in [1.54, 1.807) is 0 Å². The average molecular weight is 211 g/mol. The first-order valence-corrected chi connectivity index (χ1v) is 6.26. The normalized spacial score (nSPS) is 38.6. The monoisotopic (exact) mass is 211 g/mol. The van der Waals surface area contributed by atoms with Crippen LogP contribution in [0.25, 0.3) is 0 Å². The third kappa shape index (κ3) is 2.52. The molecular formula is C12H25N3. The van der Waals surface area contributed by atoms with Crippen molar-refractivity contribution in [1.82, 2.24) is 9.80 Å². The minimum atomic E-state index is 0.442. The third-order valence-corrected chi connectivity index (χ3v) is 3.86. The van der Waals surface area contributed by atoms with Gasteiger partial charge in [0.05, 0.1) is 0 Å². The number of likely N-dealkylation sites (tertiary alicyclic amines) is 1. The first kappa shape index (κ1) is 11.4. The van der Waals surface area contributed by atoms with E-state index in [-0.39, 0.29) is 0 Å². The van der Waals surface area contributed by atoms with Crippen LogP contribution in [0.1, 0.15) is 26.7 Å². The van der Waals surface area contributed by atoms with Crippen LogP contribution in [0.15, 0.2) is 0 Å². The topological polar surface area (TPSA) is 32.5 Å². The van der Waals surface area contributed by atoms with Crippen molar-refractivity contribution >= 4 is 0 Å². The number of hydrogen-bond donors (Lipinski definition) is 1. The highest BCUT2D eigenvalue weighted by Gasteiger charge is 2.37. The number of hydrogen-bond acceptors (Lipinski definition) is 3. The number of nitrogens with zero attached hydrogens (tertiary/aromatic N) is 2. The molecule has 0 aromatic rings. The summed E-state index contributed by atoms with van der Waals surface area (Å²) in [6, 6.07) is 1.84. The first-order chi connectivity index (χ1) is 7.06. The molecule has 0 amide bonds. The van der Waals surface area contributed by atoms with E-state index < -0.39 is 0 Å². The van der Waals surface area contributed by atoms with Crippen LogP contribution in [0.2, 0.25) is 0 Å². The molecule has 0 spiro atoms. The third-order valence-electron chi connectivity index (χ3n) is 3.86. The zero-order chi connectivity index (χ0) is 11.0. The van der Waals surface area contributed by atoms with Crippen molar-refractivity contribution in [3.05, 3.63) is 0 Å². The van der Waals surface area contributed by atoms with Crippen molar-refractivity contribution in [3.63, 3.8) is 0 Å². The SMILES string of the molecule is CC(C)CN1C[C@H]2CC(N)C[C@@H](C1)N2C. The van der Waals surface area contributed by atoms with E-state index in [0.717, 1.165) is 5.92 Å². The van der Waals surface area contributed by atoms with Crippen LogP contribution in [0.3, 0.4) is 0 Å². The van der Waals surface area contributed by atoms with Crippen molar-refractivity contribution in [2.75, 3.05) is 26.7 Å². The molecule has 3 heteroatoms. The molecule has 0 radical (unpaired) electrons. The second-order valence-corrected chi connectivity index (χ2v) is 5.82. The highest BCUT2D eigenvalue weighted by molar-refractivity contribution is 4.95. The summed E-state index contributed by atoms with van der Waals surface area (Å²) in [4.78, 5) is 5.19. The van der Waals surface area contributed by atoms with Gasteiger partial charge in [-0.15, -0.1) is 0 Å². The molecule has 2 heterocycles. The molecule has 3 atom stereocenters. The molecule has 0 aromatic heterocycles. The van der Waals surface area contributed by atoms with E-state index >= 15 is 0 Å². The Hall–Kier alpha value is -0.120. The largest absolute Gasteiger partial charge is 0.328 e. The van der Waals surface area contributed by atoms with E-state index in [4.69, 9.17) is 5.73 Å². The molecule has 2 fully saturated rings. The fourth-order valence-electron chi connectivity index (χ4n) is 3.17. The molecule has 2 rings (SSSR count). The highest BCUT2D eigenvalue weighted by atomic mass is 15.3. The van der Waals surface area contributed by atoms with E-state index in [0.29, 0.717) is 18.1 Å². The summed E-state index contributed by atoms with van der Waals surface area (Å²) in [5.41, 5.74) is 6.09. The number of fused-ring (bicyclic) bond motifs is 2. The minimum absolute atomic E-state index is 0.442. The number of likely N-dealkylation sites (N-methyl/N-ethyl adjacent to an activating group) is 1. The number of piperazine rings is 1. The van der Waals surface area contributed by atoms with Gasteiger partial charge in [-0.25, -0.2) is 0 Å². The van der Waals surface area contributed by atoms with Gasteiger partial charge in [-0.05, 0) is 25.8 Å². The molecule has 2 aliphatic heterocycles. The second-order valence-electron chi connectivity index (χ2n) is 5.82. The molecule has 2 saturated heterocycles. The molecule has 0 saturated carbocycles. The van der Waals surface area contributed by atoms with Gasteiger partial charge in [0, 0.05) is 37.8 Å². The Balaban J connectivity index is 1.96. The summed E-state index contributed by atoms with van der Waals surface area (Å²) in [5, 5.41) is 0. The van der Waals surface area contributed by atoms with Crippen LogP contribution < -0.4 is 5.73 Å². The van der Waals surface area contributed by atoms with E-state index in [1.165, 1.54) is 32.5 Å². The molecule has 2 aliphatic rings. The van der Waals surface area contributed by atoms with E-state index in [1.807, 2.05) is 0 Å². The van der Waals surface area contributed by atoms with Crippen molar-refractivity contribution in [2.45, 2.75) is 44.8 Å². The van der Waals surface area contributed by atoms with Gasteiger partial charge < -0.3 is 5.73 Å². The van der Waals surface area contributed by atoms with E-state index in [2.05, 4.69) is 30.7 Å². The standard InChI is InChI=1S/C12H25N3/c1-9(2)6-15-7-11-4-10(13)5-12(8-15)14(11)3/h9-12H,4-8,13H2,1-3H3/t10?,11-,12+. The maximum absolute atomic E-state index is 6.09. The van der Waals surface area contributed by atoms with Gasteiger partial charge in [0.25, 0.3) is 0 Å². The van der Waals surface area contributed by atoms with Crippen LogP contribution in [-0.2, 0) is 0 Å². The summed E-state index contributed by atoms with van der Waals surface area (Å²) in [7, 11) is 2.27. The molecule has 15 heavy (non-hydrogen) atoms. The van der Waals surface area contributed by atoms with Crippen molar-refractivity contribution in [1.29, 1.82) is 0 Å². The quantitative estimate of drug-likeness (QED) is 0.731. The predicted octanol–water partition coefficient (Wildman–Crippen LogP) is 0.748. The van der Waals surface area contributed by atoms with Crippen molar-refractivity contribution in [2.24, 2.45) is 11.7 Å².